The zero-order valence-electron chi connectivity index (χ0n) is 11.3. The van der Waals surface area contributed by atoms with Gasteiger partial charge in [-0.1, -0.05) is 6.42 Å². The van der Waals surface area contributed by atoms with Gasteiger partial charge in [-0.3, -0.25) is 15.0 Å². The zero-order valence-corrected chi connectivity index (χ0v) is 11.3. The Labute approximate surface area is 108 Å². The fraction of sp³-hybridized carbons (Fsp3) is 0.833. The van der Waals surface area contributed by atoms with Crippen LogP contribution in [0.4, 0.5) is 4.79 Å². The van der Waals surface area contributed by atoms with Crippen LogP contribution in [0.15, 0.2) is 0 Å². The number of hydrogen-bond acceptors (Lipinski definition) is 4. The third-order valence-electron chi connectivity index (χ3n) is 3.30. The van der Waals surface area contributed by atoms with Crippen molar-refractivity contribution in [2.75, 3.05) is 33.7 Å². The number of piperidine rings is 1. The molecule has 0 aliphatic carbocycles. The lowest BCUT2D eigenvalue weighted by atomic mass is 9.99. The molecule has 1 fully saturated rings. The number of hydrogen-bond donors (Lipinski definition) is 3. The van der Waals surface area contributed by atoms with E-state index >= 15 is 0 Å². The third kappa shape index (κ3) is 5.01. The van der Waals surface area contributed by atoms with Crippen LogP contribution in [0.25, 0.3) is 0 Å². The third-order valence-corrected chi connectivity index (χ3v) is 3.30. The summed E-state index contributed by atoms with van der Waals surface area (Å²) in [6.45, 7) is 2.20. The molecule has 0 aromatic carbocycles. The Kier molecular flexibility index (Phi) is 6.67. The number of imide groups is 1. The van der Waals surface area contributed by atoms with Crippen LogP contribution in [0.5, 0.6) is 0 Å². The van der Waals surface area contributed by atoms with Crippen molar-refractivity contribution in [3.8, 4) is 0 Å². The molecular formula is C12H24N4O2. The first-order valence-corrected chi connectivity index (χ1v) is 6.57. The van der Waals surface area contributed by atoms with Gasteiger partial charge in [0.2, 0.25) is 5.91 Å². The standard InChI is InChI=1S/C12H24N4O2/c1-13-7-6-10-5-3-4-8-16(10)9-11(17)15-12(18)14-2/h10,13H,3-9H2,1-2H3,(H2,14,15,17,18). The van der Waals surface area contributed by atoms with E-state index < -0.39 is 6.03 Å². The summed E-state index contributed by atoms with van der Waals surface area (Å²) in [5.41, 5.74) is 0. The van der Waals surface area contributed by atoms with Crippen molar-refractivity contribution in [1.29, 1.82) is 0 Å². The predicted octanol–water partition coefficient (Wildman–Crippen LogP) is -0.0940. The maximum absolute atomic E-state index is 11.7. The van der Waals surface area contributed by atoms with E-state index in [4.69, 9.17) is 0 Å². The summed E-state index contributed by atoms with van der Waals surface area (Å²) >= 11 is 0. The van der Waals surface area contributed by atoms with Crippen molar-refractivity contribution in [2.24, 2.45) is 0 Å². The van der Waals surface area contributed by atoms with Crippen LogP contribution in [0.2, 0.25) is 0 Å². The SMILES string of the molecule is CNCCC1CCCCN1CC(=O)NC(=O)NC. The molecular weight excluding hydrogens is 232 g/mol. The van der Waals surface area contributed by atoms with Crippen molar-refractivity contribution in [3.05, 3.63) is 0 Å². The number of carbonyl (C=O) groups is 2. The summed E-state index contributed by atoms with van der Waals surface area (Å²) < 4.78 is 0. The van der Waals surface area contributed by atoms with Crippen LogP contribution < -0.4 is 16.0 Å². The molecule has 104 valence electrons. The molecule has 1 saturated heterocycles. The van der Waals surface area contributed by atoms with E-state index in [9.17, 15) is 9.59 Å². The van der Waals surface area contributed by atoms with Gasteiger partial charge in [0.15, 0.2) is 0 Å². The Balaban J connectivity index is 2.40. The van der Waals surface area contributed by atoms with E-state index in [0.29, 0.717) is 12.6 Å². The first kappa shape index (κ1) is 14.9. The second-order valence-corrected chi connectivity index (χ2v) is 4.64. The minimum absolute atomic E-state index is 0.231. The van der Waals surface area contributed by atoms with Gasteiger partial charge < -0.3 is 10.6 Å². The van der Waals surface area contributed by atoms with Crippen LogP contribution in [0.3, 0.4) is 0 Å². The summed E-state index contributed by atoms with van der Waals surface area (Å²) in [6.07, 6.45) is 4.53. The monoisotopic (exact) mass is 256 g/mol. The average molecular weight is 256 g/mol. The minimum Gasteiger partial charge on any atom is -0.341 e. The molecule has 6 heteroatoms. The second-order valence-electron chi connectivity index (χ2n) is 4.64. The van der Waals surface area contributed by atoms with Crippen molar-refractivity contribution in [3.63, 3.8) is 0 Å². The highest BCUT2D eigenvalue weighted by Crippen LogP contribution is 2.18. The van der Waals surface area contributed by atoms with Gasteiger partial charge in [0, 0.05) is 13.1 Å². The fourth-order valence-electron chi connectivity index (χ4n) is 2.32. The number of carbonyl (C=O) groups excluding carboxylic acids is 2. The molecule has 0 saturated carbocycles. The Hall–Kier alpha value is -1.14. The Morgan fingerprint density at radius 3 is 2.72 bits per heavy atom. The Morgan fingerprint density at radius 2 is 2.06 bits per heavy atom. The van der Waals surface area contributed by atoms with E-state index in [-0.39, 0.29) is 5.91 Å². The molecule has 1 aliphatic rings. The summed E-state index contributed by atoms with van der Waals surface area (Å²) in [5, 5.41) is 7.83. The molecule has 1 aliphatic heterocycles. The van der Waals surface area contributed by atoms with E-state index in [0.717, 1.165) is 32.4 Å². The number of likely N-dealkylation sites (tertiary alicyclic amines) is 1. The number of urea groups is 1. The smallest absolute Gasteiger partial charge is 0.321 e. The van der Waals surface area contributed by atoms with Gasteiger partial charge in [-0.2, -0.15) is 0 Å². The van der Waals surface area contributed by atoms with E-state index in [2.05, 4.69) is 20.9 Å². The number of amides is 3. The lowest BCUT2D eigenvalue weighted by Gasteiger charge is -2.35. The van der Waals surface area contributed by atoms with Crippen molar-refractivity contribution < 1.29 is 9.59 Å². The molecule has 0 aromatic rings. The van der Waals surface area contributed by atoms with Crippen molar-refractivity contribution >= 4 is 11.9 Å². The number of nitrogens with one attached hydrogen (secondary N) is 3. The highest BCUT2D eigenvalue weighted by Gasteiger charge is 2.24. The van der Waals surface area contributed by atoms with Gasteiger partial charge in [-0.25, -0.2) is 4.79 Å². The van der Waals surface area contributed by atoms with Crippen LogP contribution in [-0.2, 0) is 4.79 Å². The Morgan fingerprint density at radius 1 is 1.28 bits per heavy atom. The number of nitrogens with zero attached hydrogens (tertiary/aromatic N) is 1. The maximum Gasteiger partial charge on any atom is 0.321 e. The summed E-state index contributed by atoms with van der Waals surface area (Å²) in [4.78, 5) is 24.9. The molecule has 3 amide bonds. The van der Waals surface area contributed by atoms with E-state index in [1.165, 1.54) is 13.5 Å². The second kappa shape index (κ2) is 8.05. The van der Waals surface area contributed by atoms with Gasteiger partial charge in [-0.15, -0.1) is 0 Å². The molecule has 0 aromatic heterocycles. The quantitative estimate of drug-likeness (QED) is 0.642. The fourth-order valence-corrected chi connectivity index (χ4v) is 2.32. The highest BCUT2D eigenvalue weighted by atomic mass is 16.2. The largest absolute Gasteiger partial charge is 0.341 e. The molecule has 1 heterocycles. The van der Waals surface area contributed by atoms with Gasteiger partial charge in [0.05, 0.1) is 6.54 Å². The molecule has 1 unspecified atom stereocenters. The summed E-state index contributed by atoms with van der Waals surface area (Å²) in [6, 6.07) is 0.00502. The molecule has 6 nitrogen and oxygen atoms in total. The van der Waals surface area contributed by atoms with E-state index in [1.807, 2.05) is 7.05 Å². The molecule has 1 atom stereocenters. The molecule has 0 spiro atoms. The molecule has 0 bridgehead atoms. The van der Waals surface area contributed by atoms with Gasteiger partial charge in [0.25, 0.3) is 0 Å². The lowest BCUT2D eigenvalue weighted by molar-refractivity contribution is -0.122. The molecule has 1 rings (SSSR count). The Bertz CT molecular complexity index is 283. The average Bonchev–Trinajstić information content (AvgIpc) is 2.37. The van der Waals surface area contributed by atoms with Crippen LogP contribution in [0, 0.1) is 0 Å². The van der Waals surface area contributed by atoms with Gasteiger partial charge in [-0.05, 0) is 39.4 Å². The topological polar surface area (TPSA) is 73.5 Å². The predicted molar refractivity (Wildman–Crippen MR) is 70.4 cm³/mol. The molecule has 3 N–H and O–H groups in total. The summed E-state index contributed by atoms with van der Waals surface area (Å²) in [7, 11) is 3.44. The number of rotatable bonds is 5. The van der Waals surface area contributed by atoms with Crippen molar-refractivity contribution in [2.45, 2.75) is 31.7 Å². The first-order chi connectivity index (χ1) is 8.67. The first-order valence-electron chi connectivity index (χ1n) is 6.57. The maximum atomic E-state index is 11.7. The highest BCUT2D eigenvalue weighted by molar-refractivity contribution is 5.95. The van der Waals surface area contributed by atoms with E-state index in [1.54, 1.807) is 0 Å². The zero-order chi connectivity index (χ0) is 13.4. The van der Waals surface area contributed by atoms with Crippen LogP contribution in [0.1, 0.15) is 25.7 Å². The normalized spacial score (nSPS) is 20.4. The van der Waals surface area contributed by atoms with Gasteiger partial charge >= 0.3 is 6.03 Å². The van der Waals surface area contributed by atoms with Gasteiger partial charge in [0.1, 0.15) is 0 Å². The van der Waals surface area contributed by atoms with Crippen LogP contribution in [-0.4, -0.2) is 56.6 Å². The lowest BCUT2D eigenvalue weighted by Crippen LogP contribution is -2.48. The molecule has 0 radical (unpaired) electrons. The van der Waals surface area contributed by atoms with Crippen molar-refractivity contribution in [1.82, 2.24) is 20.9 Å². The summed E-state index contributed by atoms with van der Waals surface area (Å²) in [5.74, 6) is -0.231. The van der Waals surface area contributed by atoms with Crippen LogP contribution >= 0.6 is 0 Å². The minimum atomic E-state index is -0.441. The molecule has 18 heavy (non-hydrogen) atoms.